The molecule has 0 radical (unpaired) electrons. The zero-order valence-electron chi connectivity index (χ0n) is 8.80. The largest absolute Gasteiger partial charge is 0.480 e. The van der Waals surface area contributed by atoms with Gasteiger partial charge in [-0.3, -0.25) is 4.79 Å². The van der Waals surface area contributed by atoms with Crippen LogP contribution >= 0.6 is 0 Å². The zero-order chi connectivity index (χ0) is 12.1. The van der Waals surface area contributed by atoms with Gasteiger partial charge in [-0.05, 0) is 0 Å². The molecule has 92 valence electrons. The van der Waals surface area contributed by atoms with Crippen molar-refractivity contribution in [2.75, 3.05) is 32.7 Å². The molecule has 0 spiro atoms. The maximum atomic E-state index is 11.0. The van der Waals surface area contributed by atoms with Gasteiger partial charge in [0, 0.05) is 26.2 Å². The van der Waals surface area contributed by atoms with Crippen LogP contribution in [0.2, 0.25) is 0 Å². The van der Waals surface area contributed by atoms with Gasteiger partial charge < -0.3 is 21.3 Å². The molecular weight excluding hydrogens is 216 g/mol. The molecule has 0 aromatic carbocycles. The van der Waals surface area contributed by atoms with Gasteiger partial charge in [0.25, 0.3) is 0 Å². The molecule has 1 fully saturated rings. The first-order valence-corrected chi connectivity index (χ1v) is 4.97. The van der Waals surface area contributed by atoms with E-state index in [4.69, 9.17) is 15.9 Å². The minimum Gasteiger partial charge on any atom is -0.480 e. The Morgan fingerprint density at radius 3 is 2.38 bits per heavy atom. The molecule has 1 heterocycles. The molecule has 1 unspecified atom stereocenters. The number of nitrogens with zero attached hydrogens (tertiary/aromatic N) is 2. The second kappa shape index (κ2) is 5.64. The molecule has 0 saturated carbocycles. The van der Waals surface area contributed by atoms with Crippen LogP contribution in [0, 0.1) is 0 Å². The SMILES string of the molecule is NC(CN(C(=O)O)N1CCNCC1)C(=O)O. The van der Waals surface area contributed by atoms with E-state index in [9.17, 15) is 9.59 Å². The van der Waals surface area contributed by atoms with Crippen molar-refractivity contribution in [1.29, 1.82) is 0 Å². The summed E-state index contributed by atoms with van der Waals surface area (Å²) in [6, 6.07) is -1.20. The highest BCUT2D eigenvalue weighted by molar-refractivity contribution is 5.74. The van der Waals surface area contributed by atoms with E-state index in [0.29, 0.717) is 26.2 Å². The summed E-state index contributed by atoms with van der Waals surface area (Å²) in [6.45, 7) is 2.17. The standard InChI is InChI=1S/C8H16N4O4/c9-6(7(13)14)5-12(8(15)16)11-3-1-10-2-4-11/h6,10H,1-5,9H2,(H,13,14)(H,15,16). The number of hydrazine groups is 1. The fourth-order valence-corrected chi connectivity index (χ4v) is 1.47. The normalized spacial score (nSPS) is 19.1. The highest BCUT2D eigenvalue weighted by Gasteiger charge is 2.26. The number of carbonyl (C=O) groups is 2. The lowest BCUT2D eigenvalue weighted by Crippen LogP contribution is -2.57. The van der Waals surface area contributed by atoms with Crippen molar-refractivity contribution in [1.82, 2.24) is 15.3 Å². The van der Waals surface area contributed by atoms with Gasteiger partial charge in [0.1, 0.15) is 6.04 Å². The Kier molecular flexibility index (Phi) is 4.47. The topological polar surface area (TPSA) is 119 Å². The predicted octanol–water partition coefficient (Wildman–Crippen LogP) is -1.80. The van der Waals surface area contributed by atoms with Crippen molar-refractivity contribution in [3.8, 4) is 0 Å². The van der Waals surface area contributed by atoms with Crippen LogP contribution in [0.1, 0.15) is 0 Å². The van der Waals surface area contributed by atoms with E-state index in [2.05, 4.69) is 5.32 Å². The van der Waals surface area contributed by atoms with Gasteiger partial charge in [-0.2, -0.15) is 0 Å². The van der Waals surface area contributed by atoms with Gasteiger partial charge in [0.15, 0.2) is 0 Å². The van der Waals surface area contributed by atoms with Gasteiger partial charge in [0.2, 0.25) is 0 Å². The zero-order valence-corrected chi connectivity index (χ0v) is 8.80. The Morgan fingerprint density at radius 1 is 1.38 bits per heavy atom. The number of rotatable bonds is 4. The van der Waals surface area contributed by atoms with Crippen molar-refractivity contribution >= 4 is 12.1 Å². The molecule has 0 aliphatic carbocycles. The lowest BCUT2D eigenvalue weighted by atomic mass is 10.3. The Balaban J connectivity index is 2.59. The van der Waals surface area contributed by atoms with E-state index < -0.39 is 18.1 Å². The minimum atomic E-state index is -1.21. The number of hydrogen-bond acceptors (Lipinski definition) is 5. The highest BCUT2D eigenvalue weighted by Crippen LogP contribution is 2.02. The first kappa shape index (κ1) is 12.7. The quantitative estimate of drug-likeness (QED) is 0.451. The van der Waals surface area contributed by atoms with Crippen LogP contribution in [0.3, 0.4) is 0 Å². The average molecular weight is 232 g/mol. The summed E-state index contributed by atoms with van der Waals surface area (Å²) in [7, 11) is 0. The number of carboxylic acids is 1. The number of piperazine rings is 1. The van der Waals surface area contributed by atoms with Gasteiger partial charge in [-0.15, -0.1) is 0 Å². The Bertz CT molecular complexity index is 267. The van der Waals surface area contributed by atoms with Crippen molar-refractivity contribution in [2.24, 2.45) is 5.73 Å². The van der Waals surface area contributed by atoms with Crippen LogP contribution in [0.15, 0.2) is 0 Å². The van der Waals surface area contributed by atoms with Crippen molar-refractivity contribution in [2.45, 2.75) is 6.04 Å². The molecule has 1 rings (SSSR count). The van der Waals surface area contributed by atoms with E-state index in [1.165, 1.54) is 0 Å². The third kappa shape index (κ3) is 3.33. The summed E-state index contributed by atoms with van der Waals surface area (Å²) in [5, 5.41) is 23.2. The second-order valence-electron chi connectivity index (χ2n) is 3.51. The Labute approximate surface area is 92.6 Å². The van der Waals surface area contributed by atoms with Crippen LogP contribution in [-0.4, -0.2) is 71.1 Å². The molecule has 16 heavy (non-hydrogen) atoms. The molecular formula is C8H16N4O4. The maximum absolute atomic E-state index is 11.0. The van der Waals surface area contributed by atoms with E-state index in [1.54, 1.807) is 5.01 Å². The highest BCUT2D eigenvalue weighted by atomic mass is 16.4. The van der Waals surface area contributed by atoms with Crippen LogP contribution in [0.5, 0.6) is 0 Å². The summed E-state index contributed by atoms with van der Waals surface area (Å²) in [6.07, 6.45) is -1.18. The van der Waals surface area contributed by atoms with E-state index in [1.807, 2.05) is 0 Å². The molecule has 1 aliphatic heterocycles. The maximum Gasteiger partial charge on any atom is 0.422 e. The predicted molar refractivity (Wildman–Crippen MR) is 54.8 cm³/mol. The van der Waals surface area contributed by atoms with Crippen LogP contribution in [-0.2, 0) is 4.79 Å². The Hall–Kier alpha value is -1.38. The summed E-state index contributed by atoms with van der Waals surface area (Å²) in [5.74, 6) is -1.21. The molecule has 8 heteroatoms. The molecule has 0 bridgehead atoms. The number of nitrogens with two attached hydrogens (primary N) is 1. The monoisotopic (exact) mass is 232 g/mol. The molecule has 1 amide bonds. The molecule has 8 nitrogen and oxygen atoms in total. The first-order valence-electron chi connectivity index (χ1n) is 4.97. The lowest BCUT2D eigenvalue weighted by molar-refractivity contribution is -0.140. The van der Waals surface area contributed by atoms with E-state index in [0.717, 1.165) is 5.01 Å². The third-order valence-corrected chi connectivity index (χ3v) is 2.34. The molecule has 0 aromatic rings. The summed E-state index contributed by atoms with van der Waals surface area (Å²) in [4.78, 5) is 21.5. The molecule has 1 atom stereocenters. The lowest BCUT2D eigenvalue weighted by Gasteiger charge is -2.36. The summed E-state index contributed by atoms with van der Waals surface area (Å²) in [5.41, 5.74) is 5.32. The molecule has 5 N–H and O–H groups in total. The summed E-state index contributed by atoms with van der Waals surface area (Å²) < 4.78 is 0. The van der Waals surface area contributed by atoms with Gasteiger partial charge in [-0.25, -0.2) is 14.8 Å². The van der Waals surface area contributed by atoms with Gasteiger partial charge in [0.05, 0.1) is 6.54 Å². The van der Waals surface area contributed by atoms with Crippen molar-refractivity contribution in [3.05, 3.63) is 0 Å². The third-order valence-electron chi connectivity index (χ3n) is 2.34. The van der Waals surface area contributed by atoms with Gasteiger partial charge in [-0.1, -0.05) is 0 Å². The number of nitrogens with one attached hydrogen (secondary N) is 1. The van der Waals surface area contributed by atoms with Crippen LogP contribution in [0.25, 0.3) is 0 Å². The molecule has 1 aliphatic rings. The summed E-state index contributed by atoms with van der Waals surface area (Å²) >= 11 is 0. The van der Waals surface area contributed by atoms with Crippen molar-refractivity contribution < 1.29 is 19.8 Å². The fourth-order valence-electron chi connectivity index (χ4n) is 1.47. The average Bonchev–Trinajstić information content (AvgIpc) is 2.26. The number of amides is 1. The first-order chi connectivity index (χ1) is 7.52. The second-order valence-corrected chi connectivity index (χ2v) is 3.51. The minimum absolute atomic E-state index is 0.231. The number of aliphatic carboxylic acids is 1. The molecule has 1 saturated heterocycles. The van der Waals surface area contributed by atoms with Gasteiger partial charge >= 0.3 is 12.1 Å². The van der Waals surface area contributed by atoms with E-state index >= 15 is 0 Å². The van der Waals surface area contributed by atoms with E-state index in [-0.39, 0.29) is 6.54 Å². The van der Waals surface area contributed by atoms with Crippen LogP contribution in [0.4, 0.5) is 4.79 Å². The van der Waals surface area contributed by atoms with Crippen LogP contribution < -0.4 is 11.1 Å². The number of hydrogen-bond donors (Lipinski definition) is 4. The van der Waals surface area contributed by atoms with Crippen molar-refractivity contribution in [3.63, 3.8) is 0 Å². The smallest absolute Gasteiger partial charge is 0.422 e. The Morgan fingerprint density at radius 2 is 1.94 bits per heavy atom. The number of carboxylic acid groups (broad SMARTS) is 2. The fraction of sp³-hybridized carbons (Fsp3) is 0.750. The molecule has 0 aromatic heterocycles.